The van der Waals surface area contributed by atoms with Crippen molar-refractivity contribution in [3.8, 4) is 11.5 Å². The van der Waals surface area contributed by atoms with Gasteiger partial charge in [0.25, 0.3) is 5.91 Å². The number of benzene rings is 2. The summed E-state index contributed by atoms with van der Waals surface area (Å²) in [4.78, 5) is 14.3. The Hall–Kier alpha value is -2.49. The molecule has 4 heteroatoms. The highest BCUT2D eigenvalue weighted by Gasteiger charge is 2.21. The molecule has 0 aromatic heterocycles. The highest BCUT2D eigenvalue weighted by Crippen LogP contribution is 2.22. The van der Waals surface area contributed by atoms with Gasteiger partial charge in [0, 0.05) is 19.2 Å². The zero-order valence-corrected chi connectivity index (χ0v) is 15.0. The molecule has 1 amide bonds. The number of aryl methyl sites for hydroxylation is 2. The van der Waals surface area contributed by atoms with Gasteiger partial charge in [-0.1, -0.05) is 30.3 Å². The summed E-state index contributed by atoms with van der Waals surface area (Å²) in [6, 6.07) is 13.7. The summed E-state index contributed by atoms with van der Waals surface area (Å²) < 4.78 is 11.2. The van der Waals surface area contributed by atoms with E-state index >= 15 is 0 Å². The largest absolute Gasteiger partial charge is 0.496 e. The quantitative estimate of drug-likeness (QED) is 0.811. The molecule has 0 radical (unpaired) electrons. The van der Waals surface area contributed by atoms with Gasteiger partial charge >= 0.3 is 0 Å². The second-order valence-electron chi connectivity index (χ2n) is 6.04. The molecule has 4 nitrogen and oxygen atoms in total. The minimum Gasteiger partial charge on any atom is -0.496 e. The molecule has 2 aromatic carbocycles. The third kappa shape index (κ3) is 4.28. The Labute approximate surface area is 144 Å². The number of hydrogen-bond donors (Lipinski definition) is 0. The summed E-state index contributed by atoms with van der Waals surface area (Å²) in [7, 11) is 3.41. The maximum atomic E-state index is 12.6. The van der Waals surface area contributed by atoms with Crippen molar-refractivity contribution in [1.29, 1.82) is 0 Å². The van der Waals surface area contributed by atoms with Gasteiger partial charge in [-0.25, -0.2) is 0 Å². The van der Waals surface area contributed by atoms with Crippen LogP contribution < -0.4 is 9.47 Å². The highest BCUT2D eigenvalue weighted by atomic mass is 16.5. The van der Waals surface area contributed by atoms with Crippen molar-refractivity contribution < 1.29 is 14.3 Å². The molecular weight excluding hydrogens is 302 g/mol. The molecule has 0 bridgehead atoms. The molecule has 0 fully saturated rings. The van der Waals surface area contributed by atoms with Crippen LogP contribution in [0.5, 0.6) is 11.5 Å². The third-order valence-electron chi connectivity index (χ3n) is 3.97. The van der Waals surface area contributed by atoms with E-state index in [1.54, 1.807) is 26.0 Å². The lowest BCUT2D eigenvalue weighted by Crippen LogP contribution is -2.37. The van der Waals surface area contributed by atoms with E-state index < -0.39 is 6.10 Å². The predicted molar refractivity (Wildman–Crippen MR) is 95.5 cm³/mol. The number of likely N-dealkylation sites (N-methyl/N-ethyl adjacent to an activating group) is 1. The Balaban J connectivity index is 2.05. The third-order valence-corrected chi connectivity index (χ3v) is 3.97. The minimum atomic E-state index is -0.551. The number of hydrogen-bond acceptors (Lipinski definition) is 3. The lowest BCUT2D eigenvalue weighted by atomic mass is 10.1. The van der Waals surface area contributed by atoms with Gasteiger partial charge in [0.05, 0.1) is 7.11 Å². The fraction of sp³-hybridized carbons (Fsp3) is 0.350. The van der Waals surface area contributed by atoms with Crippen LogP contribution in [0.25, 0.3) is 0 Å². The molecular formula is C20H25NO3. The molecule has 0 saturated heterocycles. The van der Waals surface area contributed by atoms with Crippen molar-refractivity contribution in [3.05, 3.63) is 59.2 Å². The number of para-hydroxylation sites is 1. The van der Waals surface area contributed by atoms with Gasteiger partial charge in [0.1, 0.15) is 11.5 Å². The van der Waals surface area contributed by atoms with Gasteiger partial charge in [-0.3, -0.25) is 4.79 Å². The SMILES string of the molecule is COc1ccccc1CN(C)C(=O)[C@@H](C)Oc1cc(C)ccc1C. The average Bonchev–Trinajstić information content (AvgIpc) is 2.57. The number of methoxy groups -OCH3 is 1. The monoisotopic (exact) mass is 327 g/mol. The first-order chi connectivity index (χ1) is 11.4. The van der Waals surface area contributed by atoms with Gasteiger partial charge in [-0.2, -0.15) is 0 Å². The van der Waals surface area contributed by atoms with E-state index in [2.05, 4.69) is 0 Å². The van der Waals surface area contributed by atoms with Gasteiger partial charge < -0.3 is 14.4 Å². The maximum Gasteiger partial charge on any atom is 0.263 e. The van der Waals surface area contributed by atoms with Crippen LogP contribution in [0.3, 0.4) is 0 Å². The molecule has 2 aromatic rings. The summed E-state index contributed by atoms with van der Waals surface area (Å²) >= 11 is 0. The van der Waals surface area contributed by atoms with Crippen molar-refractivity contribution in [2.75, 3.05) is 14.2 Å². The molecule has 24 heavy (non-hydrogen) atoms. The first-order valence-electron chi connectivity index (χ1n) is 8.03. The second-order valence-corrected chi connectivity index (χ2v) is 6.04. The van der Waals surface area contributed by atoms with Gasteiger partial charge in [-0.05, 0) is 44.0 Å². The molecule has 1 atom stereocenters. The smallest absolute Gasteiger partial charge is 0.263 e. The topological polar surface area (TPSA) is 38.8 Å². The van der Waals surface area contributed by atoms with Gasteiger partial charge in [0.2, 0.25) is 0 Å². The van der Waals surface area contributed by atoms with Crippen molar-refractivity contribution in [2.24, 2.45) is 0 Å². The van der Waals surface area contributed by atoms with Crippen molar-refractivity contribution in [3.63, 3.8) is 0 Å². The number of amides is 1. The number of carbonyl (C=O) groups is 1. The van der Waals surface area contributed by atoms with E-state index in [9.17, 15) is 4.79 Å². The Morgan fingerprint density at radius 1 is 1.12 bits per heavy atom. The maximum absolute atomic E-state index is 12.6. The standard InChI is InChI=1S/C20H25NO3/c1-14-10-11-15(2)19(12-14)24-16(3)20(22)21(4)13-17-8-6-7-9-18(17)23-5/h6-12,16H,13H2,1-5H3/t16-/m1/s1. The molecule has 0 N–H and O–H groups in total. The van der Waals surface area contributed by atoms with E-state index in [-0.39, 0.29) is 5.91 Å². The lowest BCUT2D eigenvalue weighted by Gasteiger charge is -2.23. The van der Waals surface area contributed by atoms with Gasteiger partial charge in [0.15, 0.2) is 6.10 Å². The van der Waals surface area contributed by atoms with Crippen LogP contribution in [0.2, 0.25) is 0 Å². The van der Waals surface area contributed by atoms with Crippen molar-refractivity contribution >= 4 is 5.91 Å². The van der Waals surface area contributed by atoms with Crippen LogP contribution in [-0.2, 0) is 11.3 Å². The number of rotatable bonds is 6. The summed E-state index contributed by atoms with van der Waals surface area (Å²) in [6.07, 6.45) is -0.551. The molecule has 0 spiro atoms. The number of nitrogens with zero attached hydrogens (tertiary/aromatic N) is 1. The normalized spacial score (nSPS) is 11.7. The minimum absolute atomic E-state index is 0.0678. The van der Waals surface area contributed by atoms with E-state index in [0.29, 0.717) is 6.54 Å². The fourth-order valence-electron chi connectivity index (χ4n) is 2.55. The van der Waals surface area contributed by atoms with Crippen LogP contribution in [-0.4, -0.2) is 31.1 Å². The molecule has 0 saturated carbocycles. The molecule has 0 aliphatic heterocycles. The van der Waals surface area contributed by atoms with Crippen LogP contribution in [0.1, 0.15) is 23.6 Å². The summed E-state index contributed by atoms with van der Waals surface area (Å²) in [5.41, 5.74) is 3.10. The molecule has 0 aliphatic carbocycles. The van der Waals surface area contributed by atoms with E-state index in [0.717, 1.165) is 28.2 Å². The number of carbonyl (C=O) groups excluding carboxylic acids is 1. The van der Waals surface area contributed by atoms with Crippen LogP contribution in [0, 0.1) is 13.8 Å². The van der Waals surface area contributed by atoms with Crippen LogP contribution in [0.4, 0.5) is 0 Å². The van der Waals surface area contributed by atoms with Crippen molar-refractivity contribution in [2.45, 2.75) is 33.4 Å². The zero-order valence-electron chi connectivity index (χ0n) is 15.0. The fourth-order valence-corrected chi connectivity index (χ4v) is 2.55. The van der Waals surface area contributed by atoms with E-state index in [1.807, 2.05) is 56.3 Å². The molecule has 2 rings (SSSR count). The Kier molecular flexibility index (Phi) is 5.85. The first-order valence-corrected chi connectivity index (χ1v) is 8.03. The Morgan fingerprint density at radius 2 is 1.83 bits per heavy atom. The lowest BCUT2D eigenvalue weighted by molar-refractivity contribution is -0.137. The molecule has 0 unspecified atom stereocenters. The zero-order chi connectivity index (χ0) is 17.7. The van der Waals surface area contributed by atoms with Gasteiger partial charge in [-0.15, -0.1) is 0 Å². The van der Waals surface area contributed by atoms with E-state index in [1.165, 1.54) is 0 Å². The number of ether oxygens (including phenoxy) is 2. The molecule has 0 aliphatic rings. The Bertz CT molecular complexity index is 712. The van der Waals surface area contributed by atoms with Crippen LogP contribution in [0.15, 0.2) is 42.5 Å². The predicted octanol–water partition coefficient (Wildman–Crippen LogP) is 3.74. The Morgan fingerprint density at radius 3 is 2.54 bits per heavy atom. The summed E-state index contributed by atoms with van der Waals surface area (Å²) in [5, 5.41) is 0. The van der Waals surface area contributed by atoms with Crippen molar-refractivity contribution in [1.82, 2.24) is 4.90 Å². The summed E-state index contributed by atoms with van der Waals surface area (Å²) in [6.45, 7) is 6.24. The second kappa shape index (κ2) is 7.86. The average molecular weight is 327 g/mol. The molecule has 0 heterocycles. The first kappa shape index (κ1) is 17.9. The molecule has 128 valence electrons. The van der Waals surface area contributed by atoms with Crippen LogP contribution >= 0.6 is 0 Å². The highest BCUT2D eigenvalue weighted by molar-refractivity contribution is 5.80. The van der Waals surface area contributed by atoms with E-state index in [4.69, 9.17) is 9.47 Å². The summed E-state index contributed by atoms with van der Waals surface area (Å²) in [5.74, 6) is 1.46.